The molecule has 0 spiro atoms. The summed E-state index contributed by atoms with van der Waals surface area (Å²) in [7, 11) is 1.66. The first-order valence-electron chi connectivity index (χ1n) is 3.91. The summed E-state index contributed by atoms with van der Waals surface area (Å²) in [5, 5.41) is 10.2. The van der Waals surface area contributed by atoms with Gasteiger partial charge in [0, 0.05) is 7.05 Å². The van der Waals surface area contributed by atoms with Crippen molar-refractivity contribution >= 4 is 0 Å². The van der Waals surface area contributed by atoms with Gasteiger partial charge in [-0.25, -0.2) is 5.84 Å². The SMILES string of the molecule is C=C/C(C)=C\C(=C(\N)CO)N(C)N. The monoisotopic (exact) mass is 183 g/mol. The molecule has 4 heteroatoms. The van der Waals surface area contributed by atoms with E-state index in [2.05, 4.69) is 6.58 Å². The van der Waals surface area contributed by atoms with Crippen LogP contribution < -0.4 is 11.6 Å². The van der Waals surface area contributed by atoms with E-state index in [4.69, 9.17) is 16.7 Å². The summed E-state index contributed by atoms with van der Waals surface area (Å²) in [6.07, 6.45) is 3.45. The molecular weight excluding hydrogens is 166 g/mol. The molecular formula is C9H17N3O. The lowest BCUT2D eigenvalue weighted by Crippen LogP contribution is -2.28. The van der Waals surface area contributed by atoms with Crippen LogP contribution in [0.1, 0.15) is 6.92 Å². The highest BCUT2D eigenvalue weighted by Gasteiger charge is 2.02. The zero-order valence-electron chi connectivity index (χ0n) is 8.12. The second-order valence-electron chi connectivity index (χ2n) is 2.77. The molecule has 0 aromatic carbocycles. The largest absolute Gasteiger partial charge is 0.398 e. The lowest BCUT2D eigenvalue weighted by molar-refractivity contribution is 0.321. The molecule has 74 valence electrons. The molecule has 0 atom stereocenters. The van der Waals surface area contributed by atoms with E-state index in [9.17, 15) is 0 Å². The van der Waals surface area contributed by atoms with E-state index >= 15 is 0 Å². The number of hydrogen-bond acceptors (Lipinski definition) is 4. The van der Waals surface area contributed by atoms with Gasteiger partial charge in [-0.3, -0.25) is 0 Å². The van der Waals surface area contributed by atoms with Crippen molar-refractivity contribution in [1.82, 2.24) is 5.01 Å². The average molecular weight is 183 g/mol. The van der Waals surface area contributed by atoms with Gasteiger partial charge in [-0.2, -0.15) is 0 Å². The summed E-state index contributed by atoms with van der Waals surface area (Å²) in [6, 6.07) is 0. The number of allylic oxidation sites excluding steroid dienone is 3. The Kier molecular flexibility index (Phi) is 4.87. The van der Waals surface area contributed by atoms with Gasteiger partial charge >= 0.3 is 0 Å². The van der Waals surface area contributed by atoms with E-state index in [0.29, 0.717) is 11.4 Å². The Labute approximate surface area is 78.8 Å². The van der Waals surface area contributed by atoms with Crippen LogP contribution in [0.5, 0.6) is 0 Å². The molecule has 0 aromatic rings. The summed E-state index contributed by atoms with van der Waals surface area (Å²) in [4.78, 5) is 0. The van der Waals surface area contributed by atoms with Crippen LogP contribution in [0.3, 0.4) is 0 Å². The van der Waals surface area contributed by atoms with Crippen molar-refractivity contribution in [2.75, 3.05) is 13.7 Å². The van der Waals surface area contributed by atoms with Gasteiger partial charge in [0.05, 0.1) is 18.0 Å². The number of hydrogen-bond donors (Lipinski definition) is 3. The first-order valence-corrected chi connectivity index (χ1v) is 3.91. The lowest BCUT2D eigenvalue weighted by atomic mass is 10.2. The van der Waals surface area contributed by atoms with Gasteiger partial charge in [0.25, 0.3) is 0 Å². The normalized spacial score (nSPS) is 13.7. The second-order valence-corrected chi connectivity index (χ2v) is 2.77. The van der Waals surface area contributed by atoms with Crippen LogP contribution in [-0.4, -0.2) is 23.8 Å². The van der Waals surface area contributed by atoms with Gasteiger partial charge in [-0.05, 0) is 18.6 Å². The van der Waals surface area contributed by atoms with Crippen molar-refractivity contribution in [3.63, 3.8) is 0 Å². The van der Waals surface area contributed by atoms with E-state index < -0.39 is 0 Å². The Morgan fingerprint density at radius 1 is 1.62 bits per heavy atom. The zero-order chi connectivity index (χ0) is 10.4. The summed E-state index contributed by atoms with van der Waals surface area (Å²) in [5.41, 5.74) is 7.42. The second kappa shape index (κ2) is 5.40. The Morgan fingerprint density at radius 3 is 2.46 bits per heavy atom. The molecule has 5 N–H and O–H groups in total. The average Bonchev–Trinajstić information content (AvgIpc) is 2.11. The van der Waals surface area contributed by atoms with Gasteiger partial charge < -0.3 is 15.8 Å². The minimum Gasteiger partial charge on any atom is -0.398 e. The fourth-order valence-corrected chi connectivity index (χ4v) is 0.777. The third-order valence-electron chi connectivity index (χ3n) is 1.57. The molecule has 0 saturated carbocycles. The molecule has 0 radical (unpaired) electrons. The fraction of sp³-hybridized carbons (Fsp3) is 0.333. The standard InChI is InChI=1S/C9H17N3O/c1-4-7(2)5-9(12(3)11)8(10)6-13/h4-5,13H,1,6,10-11H2,2-3H3/b7-5-,9-8-. The van der Waals surface area contributed by atoms with Crippen LogP contribution >= 0.6 is 0 Å². The van der Waals surface area contributed by atoms with Crippen molar-refractivity contribution < 1.29 is 5.11 Å². The van der Waals surface area contributed by atoms with E-state index in [0.717, 1.165) is 5.57 Å². The number of aliphatic hydroxyl groups is 1. The Bertz CT molecular complexity index is 241. The molecule has 0 amide bonds. The Balaban J connectivity index is 4.94. The molecule has 0 aliphatic rings. The molecule has 0 saturated heterocycles. The minimum absolute atomic E-state index is 0.211. The van der Waals surface area contributed by atoms with Crippen LogP contribution in [0, 0.1) is 0 Å². The van der Waals surface area contributed by atoms with Gasteiger partial charge in [-0.1, -0.05) is 12.7 Å². The highest BCUT2D eigenvalue weighted by Crippen LogP contribution is 2.06. The van der Waals surface area contributed by atoms with E-state index in [1.165, 1.54) is 5.01 Å². The molecule has 0 heterocycles. The maximum Gasteiger partial charge on any atom is 0.0847 e. The summed E-state index contributed by atoms with van der Waals surface area (Å²) >= 11 is 0. The van der Waals surface area contributed by atoms with E-state index in [1.54, 1.807) is 19.2 Å². The number of nitrogens with zero attached hydrogens (tertiary/aromatic N) is 1. The molecule has 0 unspecified atom stereocenters. The maximum atomic E-state index is 8.82. The smallest absolute Gasteiger partial charge is 0.0847 e. The first kappa shape index (κ1) is 11.7. The third kappa shape index (κ3) is 3.78. The third-order valence-corrected chi connectivity index (χ3v) is 1.57. The van der Waals surface area contributed by atoms with Crippen LogP contribution in [-0.2, 0) is 0 Å². The number of rotatable bonds is 4. The van der Waals surface area contributed by atoms with Crippen molar-refractivity contribution in [3.05, 3.63) is 35.7 Å². The molecule has 4 nitrogen and oxygen atoms in total. The zero-order valence-corrected chi connectivity index (χ0v) is 8.12. The molecule has 0 aliphatic carbocycles. The van der Waals surface area contributed by atoms with Gasteiger partial charge in [-0.15, -0.1) is 0 Å². The van der Waals surface area contributed by atoms with Crippen molar-refractivity contribution in [3.8, 4) is 0 Å². The van der Waals surface area contributed by atoms with Crippen molar-refractivity contribution in [2.24, 2.45) is 11.6 Å². The Morgan fingerprint density at radius 2 is 2.15 bits per heavy atom. The highest BCUT2D eigenvalue weighted by atomic mass is 16.3. The summed E-state index contributed by atoms with van der Waals surface area (Å²) in [5.74, 6) is 5.52. The fourth-order valence-electron chi connectivity index (χ4n) is 0.777. The maximum absolute atomic E-state index is 8.82. The number of hydrazine groups is 1. The molecule has 0 rings (SSSR count). The summed E-state index contributed by atoms with van der Waals surface area (Å²) < 4.78 is 0. The first-order chi connectivity index (χ1) is 6.02. The van der Waals surface area contributed by atoms with Crippen molar-refractivity contribution in [1.29, 1.82) is 0 Å². The van der Waals surface area contributed by atoms with Crippen molar-refractivity contribution in [2.45, 2.75) is 6.92 Å². The topological polar surface area (TPSA) is 75.5 Å². The predicted octanol–water partition coefficient (Wildman–Crippen LogP) is 0.0868. The van der Waals surface area contributed by atoms with Crippen LogP contribution in [0.2, 0.25) is 0 Å². The van der Waals surface area contributed by atoms with Gasteiger partial charge in [0.1, 0.15) is 0 Å². The lowest BCUT2D eigenvalue weighted by Gasteiger charge is -2.16. The molecule has 0 aliphatic heterocycles. The quantitative estimate of drug-likeness (QED) is 0.328. The van der Waals surface area contributed by atoms with Gasteiger partial charge in [0.15, 0.2) is 0 Å². The van der Waals surface area contributed by atoms with Gasteiger partial charge in [0.2, 0.25) is 0 Å². The Hall–Kier alpha value is -1.26. The van der Waals surface area contributed by atoms with Crippen LogP contribution in [0.4, 0.5) is 0 Å². The number of aliphatic hydroxyl groups excluding tert-OH is 1. The summed E-state index contributed by atoms with van der Waals surface area (Å²) in [6.45, 7) is 5.27. The highest BCUT2D eigenvalue weighted by molar-refractivity contribution is 5.29. The molecule has 0 bridgehead atoms. The number of nitrogens with two attached hydrogens (primary N) is 2. The molecule has 13 heavy (non-hydrogen) atoms. The van der Waals surface area contributed by atoms with Crippen LogP contribution in [0.15, 0.2) is 35.7 Å². The minimum atomic E-state index is -0.211. The molecule has 0 fully saturated rings. The molecule has 0 aromatic heterocycles. The van der Waals surface area contributed by atoms with E-state index in [1.807, 2.05) is 6.92 Å². The van der Waals surface area contributed by atoms with E-state index in [-0.39, 0.29) is 6.61 Å². The predicted molar refractivity (Wildman–Crippen MR) is 54.2 cm³/mol. The van der Waals surface area contributed by atoms with Crippen LogP contribution in [0.25, 0.3) is 0 Å². The number of likely N-dealkylation sites (N-methyl/N-ethyl adjacent to an activating group) is 1.